The highest BCUT2D eigenvalue weighted by molar-refractivity contribution is 5.29. The molecule has 0 unspecified atom stereocenters. The Morgan fingerprint density at radius 1 is 1.05 bits per heavy atom. The van der Waals surface area contributed by atoms with Crippen molar-refractivity contribution in [2.75, 3.05) is 46.4 Å². The minimum absolute atomic E-state index is 0.0182. The zero-order valence-electron chi connectivity index (χ0n) is 14.4. The van der Waals surface area contributed by atoms with E-state index in [1.165, 1.54) is 0 Å². The van der Waals surface area contributed by atoms with E-state index in [9.17, 15) is 4.39 Å². The highest BCUT2D eigenvalue weighted by atomic mass is 19.1. The van der Waals surface area contributed by atoms with Crippen LogP contribution in [-0.2, 0) is 16.7 Å². The summed E-state index contributed by atoms with van der Waals surface area (Å²) in [5.74, 6) is -0.124. The second kappa shape index (κ2) is 7.53. The van der Waals surface area contributed by atoms with Gasteiger partial charge < -0.3 is 4.74 Å². The van der Waals surface area contributed by atoms with Crippen LogP contribution in [0.1, 0.15) is 31.9 Å². The molecule has 0 radical (unpaired) electrons. The number of nitrogens with zero attached hydrogens (tertiary/aromatic N) is 2. The highest BCUT2D eigenvalue weighted by Gasteiger charge is 2.19. The monoisotopic (exact) mass is 308 g/mol. The van der Waals surface area contributed by atoms with E-state index in [1.807, 2.05) is 0 Å². The fraction of sp³-hybridized carbons (Fsp3) is 0.667. The Labute approximate surface area is 134 Å². The highest BCUT2D eigenvalue weighted by Crippen LogP contribution is 2.25. The summed E-state index contributed by atoms with van der Waals surface area (Å²) in [6.45, 7) is 13.2. The van der Waals surface area contributed by atoms with Crippen LogP contribution < -0.4 is 0 Å². The summed E-state index contributed by atoms with van der Waals surface area (Å²) in [5, 5.41) is 0. The predicted octanol–water partition coefficient (Wildman–Crippen LogP) is 2.89. The van der Waals surface area contributed by atoms with Gasteiger partial charge in [0.1, 0.15) is 5.82 Å². The van der Waals surface area contributed by atoms with Crippen LogP contribution in [0.25, 0.3) is 0 Å². The molecule has 0 bridgehead atoms. The van der Waals surface area contributed by atoms with Crippen LogP contribution in [0.3, 0.4) is 0 Å². The molecule has 3 nitrogen and oxygen atoms in total. The minimum Gasteiger partial charge on any atom is -0.383 e. The molecule has 0 N–H and O–H groups in total. The summed E-state index contributed by atoms with van der Waals surface area (Å²) < 4.78 is 19.0. The molecule has 22 heavy (non-hydrogen) atoms. The van der Waals surface area contributed by atoms with Gasteiger partial charge in [0.15, 0.2) is 0 Å². The number of halogens is 1. The quantitative estimate of drug-likeness (QED) is 0.832. The van der Waals surface area contributed by atoms with E-state index in [1.54, 1.807) is 19.2 Å². The fourth-order valence-corrected chi connectivity index (χ4v) is 2.82. The lowest BCUT2D eigenvalue weighted by molar-refractivity contribution is 0.0937. The summed E-state index contributed by atoms with van der Waals surface area (Å²) in [4.78, 5) is 4.83. The summed E-state index contributed by atoms with van der Waals surface area (Å²) in [6.07, 6.45) is 0. The average Bonchev–Trinajstić information content (AvgIpc) is 2.45. The number of ether oxygens (including phenoxy) is 1. The first-order valence-electron chi connectivity index (χ1n) is 8.12. The minimum atomic E-state index is -0.124. The van der Waals surface area contributed by atoms with Crippen molar-refractivity contribution in [3.05, 3.63) is 35.1 Å². The molecule has 0 aromatic heterocycles. The first kappa shape index (κ1) is 17.4. The molecule has 1 aromatic carbocycles. The smallest absolute Gasteiger partial charge is 0.123 e. The first-order valence-corrected chi connectivity index (χ1v) is 8.12. The maximum atomic E-state index is 13.9. The molecule has 0 atom stereocenters. The molecule has 0 aliphatic carbocycles. The van der Waals surface area contributed by atoms with Crippen LogP contribution in [0.15, 0.2) is 18.2 Å². The summed E-state index contributed by atoms with van der Waals surface area (Å²) in [5.41, 5.74) is 2.13. The van der Waals surface area contributed by atoms with E-state index in [0.29, 0.717) is 0 Å². The third-order valence-corrected chi connectivity index (χ3v) is 4.31. The van der Waals surface area contributed by atoms with Gasteiger partial charge in [-0.25, -0.2) is 4.39 Å². The van der Waals surface area contributed by atoms with Crippen molar-refractivity contribution >= 4 is 0 Å². The number of hydrogen-bond acceptors (Lipinski definition) is 3. The number of benzene rings is 1. The Balaban J connectivity index is 1.93. The second-order valence-electron chi connectivity index (χ2n) is 7.21. The van der Waals surface area contributed by atoms with Crippen molar-refractivity contribution in [2.24, 2.45) is 0 Å². The number of methoxy groups -OCH3 is 1. The molecule has 1 aliphatic rings. The molecule has 1 aromatic rings. The van der Waals surface area contributed by atoms with Gasteiger partial charge in [-0.15, -0.1) is 0 Å². The molecule has 1 fully saturated rings. The lowest BCUT2D eigenvalue weighted by atomic mass is 9.86. The summed E-state index contributed by atoms with van der Waals surface area (Å²) >= 11 is 0. The van der Waals surface area contributed by atoms with Crippen molar-refractivity contribution in [3.8, 4) is 0 Å². The molecule has 1 heterocycles. The van der Waals surface area contributed by atoms with Crippen molar-refractivity contribution in [3.63, 3.8) is 0 Å². The van der Waals surface area contributed by atoms with E-state index < -0.39 is 0 Å². The van der Waals surface area contributed by atoms with Gasteiger partial charge >= 0.3 is 0 Å². The van der Waals surface area contributed by atoms with E-state index in [2.05, 4.69) is 36.6 Å². The Hall–Kier alpha value is -0.970. The third-order valence-electron chi connectivity index (χ3n) is 4.31. The van der Waals surface area contributed by atoms with Crippen LogP contribution in [0.2, 0.25) is 0 Å². The van der Waals surface area contributed by atoms with E-state index in [0.717, 1.165) is 57.0 Å². The lowest BCUT2D eigenvalue weighted by Gasteiger charge is -2.34. The molecule has 0 spiro atoms. The fourth-order valence-electron chi connectivity index (χ4n) is 2.82. The molecule has 4 heteroatoms. The maximum absolute atomic E-state index is 13.9. The van der Waals surface area contributed by atoms with Crippen LogP contribution in [0.5, 0.6) is 0 Å². The zero-order valence-corrected chi connectivity index (χ0v) is 14.4. The molecule has 0 amide bonds. The largest absolute Gasteiger partial charge is 0.383 e. The Kier molecular flexibility index (Phi) is 5.95. The van der Waals surface area contributed by atoms with Crippen LogP contribution in [0, 0.1) is 5.82 Å². The first-order chi connectivity index (χ1) is 10.4. The van der Waals surface area contributed by atoms with Gasteiger partial charge in [-0.2, -0.15) is 0 Å². The number of piperazine rings is 1. The Morgan fingerprint density at radius 3 is 2.27 bits per heavy atom. The third kappa shape index (κ3) is 5.04. The van der Waals surface area contributed by atoms with Crippen molar-refractivity contribution in [1.29, 1.82) is 0 Å². The van der Waals surface area contributed by atoms with Crippen LogP contribution >= 0.6 is 0 Å². The Morgan fingerprint density at radius 2 is 1.68 bits per heavy atom. The average molecular weight is 308 g/mol. The van der Waals surface area contributed by atoms with E-state index in [-0.39, 0.29) is 11.2 Å². The SMILES string of the molecule is COCCN1CCN(Cc2cc(F)cc(C(C)(C)C)c2)CC1. The summed E-state index contributed by atoms with van der Waals surface area (Å²) in [7, 11) is 1.74. The van der Waals surface area contributed by atoms with Gasteiger partial charge in [-0.05, 0) is 28.7 Å². The maximum Gasteiger partial charge on any atom is 0.123 e. The van der Waals surface area contributed by atoms with E-state index in [4.69, 9.17) is 4.74 Å². The van der Waals surface area contributed by atoms with Crippen molar-refractivity contribution in [1.82, 2.24) is 9.80 Å². The molecular formula is C18H29FN2O. The lowest BCUT2D eigenvalue weighted by Crippen LogP contribution is -2.46. The standard InChI is InChI=1S/C18H29FN2O/c1-18(2,3)16-11-15(12-17(19)13-16)14-21-7-5-20(6-8-21)9-10-22-4/h11-13H,5-10,14H2,1-4H3. The van der Waals surface area contributed by atoms with Gasteiger partial charge in [0.05, 0.1) is 6.61 Å². The van der Waals surface area contributed by atoms with Crippen LogP contribution in [-0.4, -0.2) is 56.2 Å². The Bertz CT molecular complexity index is 476. The normalized spacial score (nSPS) is 17.9. The number of hydrogen-bond donors (Lipinski definition) is 0. The molecule has 1 saturated heterocycles. The van der Waals surface area contributed by atoms with Crippen LogP contribution in [0.4, 0.5) is 4.39 Å². The topological polar surface area (TPSA) is 15.7 Å². The van der Waals surface area contributed by atoms with Gasteiger partial charge in [-0.3, -0.25) is 9.80 Å². The predicted molar refractivity (Wildman–Crippen MR) is 88.7 cm³/mol. The van der Waals surface area contributed by atoms with Gasteiger partial charge in [-0.1, -0.05) is 26.8 Å². The van der Waals surface area contributed by atoms with Crippen molar-refractivity contribution in [2.45, 2.75) is 32.7 Å². The van der Waals surface area contributed by atoms with Gasteiger partial charge in [0, 0.05) is 46.4 Å². The molecule has 0 saturated carbocycles. The molecular weight excluding hydrogens is 279 g/mol. The second-order valence-corrected chi connectivity index (χ2v) is 7.21. The number of rotatable bonds is 5. The molecule has 124 valence electrons. The van der Waals surface area contributed by atoms with Crippen molar-refractivity contribution < 1.29 is 9.13 Å². The zero-order chi connectivity index (χ0) is 16.2. The van der Waals surface area contributed by atoms with E-state index >= 15 is 0 Å². The van der Waals surface area contributed by atoms with Gasteiger partial charge in [0.25, 0.3) is 0 Å². The molecule has 1 aliphatic heterocycles. The molecule has 2 rings (SSSR count). The summed E-state index contributed by atoms with van der Waals surface area (Å²) in [6, 6.07) is 5.49. The van der Waals surface area contributed by atoms with Gasteiger partial charge in [0.2, 0.25) is 0 Å².